The highest BCUT2D eigenvalue weighted by atomic mass is 16.5. The summed E-state index contributed by atoms with van der Waals surface area (Å²) in [6.45, 7) is 7.05. The molecule has 0 aromatic rings. The molecule has 0 unspecified atom stereocenters. The molecular formula is C18H36N2O2. The lowest BCUT2D eigenvalue weighted by molar-refractivity contribution is -0.0393. The van der Waals surface area contributed by atoms with Crippen molar-refractivity contribution in [1.82, 2.24) is 9.80 Å². The second kappa shape index (κ2) is 9.21. The second-order valence-corrected chi connectivity index (χ2v) is 7.40. The summed E-state index contributed by atoms with van der Waals surface area (Å²) >= 11 is 0. The predicted molar refractivity (Wildman–Crippen MR) is 91.3 cm³/mol. The van der Waals surface area contributed by atoms with Gasteiger partial charge < -0.3 is 19.3 Å². The molecule has 0 radical (unpaired) electrons. The Balaban J connectivity index is 1.59. The van der Waals surface area contributed by atoms with Crippen molar-refractivity contribution in [3.63, 3.8) is 0 Å². The van der Waals surface area contributed by atoms with Crippen LogP contribution in [0.3, 0.4) is 0 Å². The van der Waals surface area contributed by atoms with E-state index in [4.69, 9.17) is 9.47 Å². The number of nitrogens with zero attached hydrogens (tertiary/aromatic N) is 2. The SMILES string of the molecule is COCC[C@@H](C)CCN1CCC(N(C)C2CC(OC)C2)CC1. The van der Waals surface area contributed by atoms with Crippen LogP contribution < -0.4 is 0 Å². The quantitative estimate of drug-likeness (QED) is 0.653. The first-order chi connectivity index (χ1) is 10.6. The third kappa shape index (κ3) is 5.19. The molecule has 1 atom stereocenters. The Morgan fingerprint density at radius 2 is 1.77 bits per heavy atom. The molecule has 22 heavy (non-hydrogen) atoms. The van der Waals surface area contributed by atoms with Crippen molar-refractivity contribution >= 4 is 0 Å². The molecule has 0 amide bonds. The smallest absolute Gasteiger partial charge is 0.0601 e. The Hall–Kier alpha value is -0.160. The van der Waals surface area contributed by atoms with Crippen molar-refractivity contribution in [2.75, 3.05) is 47.5 Å². The number of ether oxygens (including phenoxy) is 2. The van der Waals surface area contributed by atoms with E-state index in [1.165, 1.54) is 58.2 Å². The lowest BCUT2D eigenvalue weighted by Gasteiger charge is -2.46. The Labute approximate surface area is 137 Å². The molecule has 2 fully saturated rings. The molecule has 0 aromatic heterocycles. The maximum absolute atomic E-state index is 5.41. The number of likely N-dealkylation sites (tertiary alicyclic amines) is 1. The fourth-order valence-electron chi connectivity index (χ4n) is 3.78. The topological polar surface area (TPSA) is 24.9 Å². The molecule has 130 valence electrons. The molecule has 4 nitrogen and oxygen atoms in total. The van der Waals surface area contributed by atoms with Gasteiger partial charge in [0.1, 0.15) is 0 Å². The highest BCUT2D eigenvalue weighted by Gasteiger charge is 2.35. The van der Waals surface area contributed by atoms with E-state index >= 15 is 0 Å². The van der Waals surface area contributed by atoms with Crippen LogP contribution in [0.5, 0.6) is 0 Å². The minimum atomic E-state index is 0.515. The van der Waals surface area contributed by atoms with Gasteiger partial charge in [-0.2, -0.15) is 0 Å². The van der Waals surface area contributed by atoms with E-state index in [0.717, 1.165) is 24.6 Å². The summed E-state index contributed by atoms with van der Waals surface area (Å²) in [5, 5.41) is 0. The van der Waals surface area contributed by atoms with Crippen LogP contribution in [0.25, 0.3) is 0 Å². The molecule has 0 N–H and O–H groups in total. The minimum Gasteiger partial charge on any atom is -0.385 e. The molecular weight excluding hydrogens is 276 g/mol. The average molecular weight is 312 g/mol. The van der Waals surface area contributed by atoms with Gasteiger partial charge >= 0.3 is 0 Å². The zero-order valence-corrected chi connectivity index (χ0v) is 15.1. The van der Waals surface area contributed by atoms with Gasteiger partial charge in [-0.3, -0.25) is 0 Å². The molecule has 0 bridgehead atoms. The first-order valence-electron chi connectivity index (χ1n) is 9.10. The maximum Gasteiger partial charge on any atom is 0.0601 e. The third-order valence-electron chi connectivity index (χ3n) is 5.87. The van der Waals surface area contributed by atoms with Crippen LogP contribution in [0.4, 0.5) is 0 Å². The van der Waals surface area contributed by atoms with E-state index in [1.54, 1.807) is 7.11 Å². The number of rotatable bonds is 9. The lowest BCUT2D eigenvalue weighted by Crippen LogP contribution is -2.53. The highest BCUT2D eigenvalue weighted by Crippen LogP contribution is 2.30. The minimum absolute atomic E-state index is 0.515. The molecule has 1 saturated carbocycles. The van der Waals surface area contributed by atoms with Crippen molar-refractivity contribution in [2.45, 2.75) is 63.6 Å². The molecule has 1 aliphatic heterocycles. The van der Waals surface area contributed by atoms with Crippen molar-refractivity contribution in [2.24, 2.45) is 5.92 Å². The molecule has 4 heteroatoms. The Morgan fingerprint density at radius 3 is 2.36 bits per heavy atom. The van der Waals surface area contributed by atoms with Crippen LogP contribution in [-0.2, 0) is 9.47 Å². The summed E-state index contributed by atoms with van der Waals surface area (Å²) in [4.78, 5) is 5.29. The molecule has 2 aliphatic rings. The van der Waals surface area contributed by atoms with E-state index in [0.29, 0.717) is 6.10 Å². The van der Waals surface area contributed by atoms with Crippen LogP contribution in [-0.4, -0.2) is 75.5 Å². The molecule has 2 rings (SSSR count). The van der Waals surface area contributed by atoms with Crippen molar-refractivity contribution in [1.29, 1.82) is 0 Å². The zero-order chi connectivity index (χ0) is 15.9. The van der Waals surface area contributed by atoms with Crippen LogP contribution >= 0.6 is 0 Å². The fourth-order valence-corrected chi connectivity index (χ4v) is 3.78. The summed E-state index contributed by atoms with van der Waals surface area (Å²) in [6, 6.07) is 1.54. The van der Waals surface area contributed by atoms with Gasteiger partial charge in [0.05, 0.1) is 6.10 Å². The average Bonchev–Trinajstić information content (AvgIpc) is 2.50. The summed E-state index contributed by atoms with van der Waals surface area (Å²) < 4.78 is 10.6. The van der Waals surface area contributed by atoms with Crippen molar-refractivity contribution < 1.29 is 9.47 Å². The monoisotopic (exact) mass is 312 g/mol. The van der Waals surface area contributed by atoms with Crippen LogP contribution in [0, 0.1) is 5.92 Å². The Morgan fingerprint density at radius 1 is 1.09 bits per heavy atom. The van der Waals surface area contributed by atoms with Crippen molar-refractivity contribution in [3.05, 3.63) is 0 Å². The second-order valence-electron chi connectivity index (χ2n) is 7.40. The number of piperidine rings is 1. The predicted octanol–water partition coefficient (Wildman–Crippen LogP) is 2.62. The van der Waals surface area contributed by atoms with Gasteiger partial charge in [0.25, 0.3) is 0 Å². The van der Waals surface area contributed by atoms with Gasteiger partial charge in [-0.25, -0.2) is 0 Å². The summed E-state index contributed by atoms with van der Waals surface area (Å²) in [5.74, 6) is 0.779. The molecule has 1 heterocycles. The zero-order valence-electron chi connectivity index (χ0n) is 15.1. The van der Waals surface area contributed by atoms with E-state index in [-0.39, 0.29) is 0 Å². The standard InChI is InChI=1S/C18H36N2O2/c1-15(8-12-21-3)5-9-20-10-6-16(7-11-20)19(2)17-13-18(14-17)22-4/h15-18H,5-14H2,1-4H3/t15-,17?,18?/m0/s1. The molecule has 1 saturated heterocycles. The van der Waals surface area contributed by atoms with Gasteiger partial charge in [0.2, 0.25) is 0 Å². The number of methoxy groups -OCH3 is 2. The van der Waals surface area contributed by atoms with Crippen molar-refractivity contribution in [3.8, 4) is 0 Å². The number of hydrogen-bond donors (Lipinski definition) is 0. The molecule has 0 spiro atoms. The van der Waals surface area contributed by atoms with Gasteiger partial charge in [-0.05, 0) is 71.1 Å². The van der Waals surface area contributed by atoms with Crippen LogP contribution in [0.15, 0.2) is 0 Å². The summed E-state index contributed by atoms with van der Waals surface area (Å²) in [6.07, 6.45) is 8.13. The van der Waals surface area contributed by atoms with Crippen LogP contribution in [0.1, 0.15) is 45.4 Å². The maximum atomic E-state index is 5.41. The first kappa shape index (κ1) is 18.2. The van der Waals surface area contributed by atoms with Crippen LogP contribution in [0.2, 0.25) is 0 Å². The number of hydrogen-bond acceptors (Lipinski definition) is 4. The van der Waals surface area contributed by atoms with E-state index in [9.17, 15) is 0 Å². The first-order valence-corrected chi connectivity index (χ1v) is 9.10. The van der Waals surface area contributed by atoms with E-state index < -0.39 is 0 Å². The van der Waals surface area contributed by atoms with E-state index in [1.807, 2.05) is 7.11 Å². The Bertz CT molecular complexity index is 299. The molecule has 0 aromatic carbocycles. The molecule has 1 aliphatic carbocycles. The highest BCUT2D eigenvalue weighted by molar-refractivity contribution is 4.91. The summed E-state index contributed by atoms with van der Waals surface area (Å²) in [7, 11) is 5.96. The van der Waals surface area contributed by atoms with Gasteiger partial charge in [-0.1, -0.05) is 6.92 Å². The fraction of sp³-hybridized carbons (Fsp3) is 1.00. The Kier molecular flexibility index (Phi) is 7.61. The normalized spacial score (nSPS) is 28.8. The van der Waals surface area contributed by atoms with E-state index in [2.05, 4.69) is 23.8 Å². The van der Waals surface area contributed by atoms with Gasteiger partial charge in [-0.15, -0.1) is 0 Å². The summed E-state index contributed by atoms with van der Waals surface area (Å²) in [5.41, 5.74) is 0. The largest absolute Gasteiger partial charge is 0.385 e. The lowest BCUT2D eigenvalue weighted by atomic mass is 9.86. The third-order valence-corrected chi connectivity index (χ3v) is 5.87. The van der Waals surface area contributed by atoms with Gasteiger partial charge in [0.15, 0.2) is 0 Å². The van der Waals surface area contributed by atoms with Gasteiger partial charge in [0, 0.05) is 32.9 Å².